The van der Waals surface area contributed by atoms with E-state index in [0.717, 1.165) is 25.0 Å². The fourth-order valence-corrected chi connectivity index (χ4v) is 11.2. The first-order chi connectivity index (χ1) is 10.6. The first kappa shape index (κ1) is 19.5. The van der Waals surface area contributed by atoms with Crippen LogP contribution in [0.15, 0.2) is 0 Å². The molecule has 0 saturated heterocycles. The van der Waals surface area contributed by atoms with Crippen LogP contribution in [-0.2, 0) is 8.85 Å². The Hall–Kier alpha value is 0.137. The first-order valence-electron chi connectivity index (χ1n) is 9.85. The quantitative estimate of drug-likeness (QED) is 0.539. The summed E-state index contributed by atoms with van der Waals surface area (Å²) in [7, 11) is -2.17. The van der Waals surface area contributed by atoms with E-state index in [0.29, 0.717) is 21.9 Å². The largest absolute Gasteiger partial charge is 0.394 e. The summed E-state index contributed by atoms with van der Waals surface area (Å²) in [5, 5.41) is 0. The molecule has 2 aliphatic rings. The maximum absolute atomic E-state index is 6.65. The van der Waals surface area contributed by atoms with Gasteiger partial charge in [0, 0.05) is 24.3 Å². The van der Waals surface area contributed by atoms with E-state index in [4.69, 9.17) is 8.85 Å². The zero-order valence-corrected chi connectivity index (χ0v) is 17.9. The van der Waals surface area contributed by atoms with E-state index in [1.807, 2.05) is 0 Å². The van der Waals surface area contributed by atoms with Crippen LogP contribution >= 0.6 is 0 Å². The topological polar surface area (TPSA) is 18.5 Å². The molecule has 0 bridgehead atoms. The monoisotopic (exact) mass is 340 g/mol. The molecule has 0 aromatic carbocycles. The van der Waals surface area contributed by atoms with E-state index in [-0.39, 0.29) is 0 Å². The molecule has 2 rings (SSSR count). The van der Waals surface area contributed by atoms with Crippen LogP contribution < -0.4 is 0 Å². The molecule has 0 aliphatic heterocycles. The Morgan fingerprint density at radius 2 is 1.04 bits per heavy atom. The summed E-state index contributed by atoms with van der Waals surface area (Å²) in [6.07, 6.45) is 5.36. The summed E-state index contributed by atoms with van der Waals surface area (Å²) in [5.74, 6) is 1.54. The Morgan fingerprint density at radius 1 is 0.696 bits per heavy atom. The van der Waals surface area contributed by atoms with Crippen LogP contribution in [0.4, 0.5) is 0 Å². The molecule has 0 aromatic rings. The average Bonchev–Trinajstić information content (AvgIpc) is 2.20. The molecule has 136 valence electrons. The van der Waals surface area contributed by atoms with Gasteiger partial charge in [0.2, 0.25) is 0 Å². The van der Waals surface area contributed by atoms with Gasteiger partial charge in [-0.15, -0.1) is 0 Å². The highest BCUT2D eigenvalue weighted by Gasteiger charge is 2.64. The molecule has 4 atom stereocenters. The zero-order chi connectivity index (χ0) is 17.5. The standard InChI is InChI=1S/C20H40O2Si/c1-9-21-23(22-10-2,17-13-11-15(17)19(3,4)5)18-14-12-16(18)20(6,7)8/h15-18H,9-14H2,1-8H3. The van der Waals surface area contributed by atoms with Gasteiger partial charge in [0.15, 0.2) is 0 Å². The van der Waals surface area contributed by atoms with Gasteiger partial charge in [-0.1, -0.05) is 41.5 Å². The molecule has 0 N–H and O–H groups in total. The Balaban J connectivity index is 2.33. The van der Waals surface area contributed by atoms with Crippen LogP contribution in [0.3, 0.4) is 0 Å². The van der Waals surface area contributed by atoms with E-state index < -0.39 is 8.56 Å². The van der Waals surface area contributed by atoms with Crippen molar-refractivity contribution in [2.75, 3.05) is 13.2 Å². The highest BCUT2D eigenvalue weighted by atomic mass is 28.4. The fraction of sp³-hybridized carbons (Fsp3) is 1.00. The van der Waals surface area contributed by atoms with Gasteiger partial charge in [0.05, 0.1) is 0 Å². The Kier molecular flexibility index (Phi) is 5.75. The van der Waals surface area contributed by atoms with Crippen molar-refractivity contribution in [3.05, 3.63) is 0 Å². The third-order valence-corrected chi connectivity index (χ3v) is 11.5. The van der Waals surface area contributed by atoms with Gasteiger partial charge in [0.1, 0.15) is 0 Å². The summed E-state index contributed by atoms with van der Waals surface area (Å²) in [6, 6.07) is 0. The van der Waals surface area contributed by atoms with Crippen molar-refractivity contribution < 1.29 is 8.85 Å². The highest BCUT2D eigenvalue weighted by Crippen LogP contribution is 2.64. The molecule has 0 amide bonds. The van der Waals surface area contributed by atoms with E-state index in [1.165, 1.54) is 25.7 Å². The summed E-state index contributed by atoms with van der Waals surface area (Å²) in [5.41, 5.74) is 2.13. The lowest BCUT2D eigenvalue weighted by Gasteiger charge is -2.59. The summed E-state index contributed by atoms with van der Waals surface area (Å²) in [6.45, 7) is 20.4. The van der Waals surface area contributed by atoms with Crippen LogP contribution in [0.5, 0.6) is 0 Å². The van der Waals surface area contributed by atoms with Crippen molar-refractivity contribution in [3.63, 3.8) is 0 Å². The second kappa shape index (κ2) is 6.80. The van der Waals surface area contributed by atoms with Crippen LogP contribution in [-0.4, -0.2) is 21.8 Å². The van der Waals surface area contributed by atoms with Crippen molar-refractivity contribution in [3.8, 4) is 0 Å². The summed E-state index contributed by atoms with van der Waals surface area (Å²) in [4.78, 5) is 0. The Bertz CT molecular complexity index is 355. The lowest BCUT2D eigenvalue weighted by atomic mass is 9.67. The molecular formula is C20H40O2Si. The lowest BCUT2D eigenvalue weighted by molar-refractivity contribution is 0.0400. The Morgan fingerprint density at radius 3 is 1.22 bits per heavy atom. The smallest absolute Gasteiger partial charge is 0.345 e. The predicted molar refractivity (Wildman–Crippen MR) is 101 cm³/mol. The van der Waals surface area contributed by atoms with E-state index in [2.05, 4.69) is 55.4 Å². The number of hydrogen-bond acceptors (Lipinski definition) is 2. The Labute approximate surface area is 146 Å². The van der Waals surface area contributed by atoms with E-state index >= 15 is 0 Å². The van der Waals surface area contributed by atoms with Gasteiger partial charge in [-0.3, -0.25) is 0 Å². The SMILES string of the molecule is CCO[Si](OCC)(C1CCC1C(C)(C)C)C1CCC1C(C)(C)C. The highest BCUT2D eigenvalue weighted by molar-refractivity contribution is 6.71. The molecule has 4 unspecified atom stereocenters. The van der Waals surface area contributed by atoms with Crippen LogP contribution in [0.25, 0.3) is 0 Å². The van der Waals surface area contributed by atoms with Gasteiger partial charge >= 0.3 is 8.56 Å². The normalized spacial score (nSPS) is 32.3. The molecular weight excluding hydrogens is 300 g/mol. The van der Waals surface area contributed by atoms with Crippen molar-refractivity contribution >= 4 is 8.56 Å². The number of hydrogen-bond donors (Lipinski definition) is 0. The molecule has 3 heteroatoms. The molecule has 0 radical (unpaired) electrons. The van der Waals surface area contributed by atoms with Crippen LogP contribution in [0.2, 0.25) is 11.1 Å². The summed E-state index contributed by atoms with van der Waals surface area (Å²) < 4.78 is 13.3. The van der Waals surface area contributed by atoms with Crippen molar-refractivity contribution in [2.24, 2.45) is 22.7 Å². The number of rotatable bonds is 6. The average molecular weight is 341 g/mol. The zero-order valence-electron chi connectivity index (χ0n) is 16.9. The minimum atomic E-state index is -2.17. The second-order valence-corrected chi connectivity index (χ2v) is 13.4. The molecule has 2 saturated carbocycles. The summed E-state index contributed by atoms with van der Waals surface area (Å²) >= 11 is 0. The molecule has 23 heavy (non-hydrogen) atoms. The molecule has 0 aromatic heterocycles. The van der Waals surface area contributed by atoms with Gasteiger partial charge in [-0.2, -0.15) is 0 Å². The minimum absolute atomic E-state index is 0.371. The second-order valence-electron chi connectivity index (χ2n) is 9.90. The minimum Gasteiger partial charge on any atom is -0.394 e. The molecule has 2 aliphatic carbocycles. The fourth-order valence-electron chi connectivity index (χ4n) is 5.23. The third-order valence-electron chi connectivity index (χ3n) is 6.55. The maximum Gasteiger partial charge on any atom is 0.345 e. The van der Waals surface area contributed by atoms with Crippen molar-refractivity contribution in [2.45, 2.75) is 92.2 Å². The predicted octanol–water partition coefficient (Wildman–Crippen LogP) is 6.15. The van der Waals surface area contributed by atoms with Crippen molar-refractivity contribution in [1.82, 2.24) is 0 Å². The van der Waals surface area contributed by atoms with Crippen molar-refractivity contribution in [1.29, 1.82) is 0 Å². The third kappa shape index (κ3) is 3.57. The van der Waals surface area contributed by atoms with E-state index in [1.54, 1.807) is 0 Å². The van der Waals surface area contributed by atoms with Gasteiger partial charge in [0.25, 0.3) is 0 Å². The maximum atomic E-state index is 6.65. The van der Waals surface area contributed by atoms with E-state index in [9.17, 15) is 0 Å². The van der Waals surface area contributed by atoms with Crippen LogP contribution in [0, 0.1) is 22.7 Å². The van der Waals surface area contributed by atoms with Gasteiger partial charge < -0.3 is 8.85 Å². The lowest BCUT2D eigenvalue weighted by Crippen LogP contribution is -2.62. The first-order valence-corrected chi connectivity index (χ1v) is 11.8. The molecule has 0 spiro atoms. The van der Waals surface area contributed by atoms with Gasteiger partial charge in [-0.05, 0) is 62.2 Å². The molecule has 2 nitrogen and oxygen atoms in total. The molecule has 2 fully saturated rings. The van der Waals surface area contributed by atoms with Gasteiger partial charge in [-0.25, -0.2) is 0 Å². The van der Waals surface area contributed by atoms with Crippen LogP contribution in [0.1, 0.15) is 81.1 Å². The molecule has 0 heterocycles.